The van der Waals surface area contributed by atoms with Crippen LogP contribution in [0.4, 0.5) is 0 Å². The minimum Gasteiger partial charge on any atom is -0.0958 e. The van der Waals surface area contributed by atoms with Gasteiger partial charge >= 0.3 is 0 Å². The van der Waals surface area contributed by atoms with Crippen LogP contribution in [0.15, 0.2) is 23.8 Å². The van der Waals surface area contributed by atoms with Crippen LogP contribution in [0.1, 0.15) is 75.2 Å². The molecule has 0 amide bonds. The Labute approximate surface area is 111 Å². The third-order valence-corrected chi connectivity index (χ3v) is 1.85. The zero-order chi connectivity index (χ0) is 14.4. The highest BCUT2D eigenvalue weighted by atomic mass is 14.0. The lowest BCUT2D eigenvalue weighted by Crippen LogP contribution is -1.91. The van der Waals surface area contributed by atoms with Crippen LogP contribution in [-0.2, 0) is 0 Å². The standard InChI is InChI=1S/C13H24.2C2H6/c1-10(2)7-12(5)9-13(6)8-11(3)4;2*1-2/h9-11H,5,7-8H2,1-4,6H3;2*1-2H3/b13-9+;;. The fourth-order valence-corrected chi connectivity index (χ4v) is 1.63. The summed E-state index contributed by atoms with van der Waals surface area (Å²) in [6.45, 7) is 23.2. The molecule has 0 unspecified atom stereocenters. The molecule has 0 aliphatic carbocycles. The molecule has 0 saturated heterocycles. The summed E-state index contributed by atoms with van der Waals surface area (Å²) in [5.41, 5.74) is 2.73. The molecule has 0 atom stereocenters. The highest BCUT2D eigenvalue weighted by molar-refractivity contribution is 5.19. The van der Waals surface area contributed by atoms with Crippen LogP contribution in [0.25, 0.3) is 0 Å². The first-order chi connectivity index (χ1) is 7.91. The Kier molecular flexibility index (Phi) is 19.8. The molecule has 0 fully saturated rings. The molecule has 0 heterocycles. The van der Waals surface area contributed by atoms with Crippen LogP contribution in [-0.4, -0.2) is 0 Å². The van der Waals surface area contributed by atoms with E-state index in [1.807, 2.05) is 27.7 Å². The van der Waals surface area contributed by atoms with E-state index in [2.05, 4.69) is 47.3 Å². The molecule has 0 bridgehead atoms. The van der Waals surface area contributed by atoms with Crippen molar-refractivity contribution in [2.75, 3.05) is 0 Å². The van der Waals surface area contributed by atoms with E-state index in [1.165, 1.54) is 17.6 Å². The van der Waals surface area contributed by atoms with E-state index >= 15 is 0 Å². The number of rotatable bonds is 5. The summed E-state index contributed by atoms with van der Waals surface area (Å²) in [5.74, 6) is 1.47. The zero-order valence-corrected chi connectivity index (χ0v) is 13.9. The Balaban J connectivity index is -0.000000439. The average molecular weight is 240 g/mol. The predicted molar refractivity (Wildman–Crippen MR) is 84.5 cm³/mol. The molecule has 0 N–H and O–H groups in total. The number of allylic oxidation sites excluding steroid dienone is 3. The number of hydrogen-bond acceptors (Lipinski definition) is 0. The van der Waals surface area contributed by atoms with E-state index < -0.39 is 0 Å². The van der Waals surface area contributed by atoms with E-state index in [4.69, 9.17) is 0 Å². The maximum absolute atomic E-state index is 4.07. The molecule has 0 saturated carbocycles. The van der Waals surface area contributed by atoms with E-state index in [0.29, 0.717) is 0 Å². The van der Waals surface area contributed by atoms with Crippen LogP contribution in [0.2, 0.25) is 0 Å². The Bertz CT molecular complexity index is 182. The topological polar surface area (TPSA) is 0 Å². The Morgan fingerprint density at radius 3 is 1.53 bits per heavy atom. The first-order valence-electron chi connectivity index (χ1n) is 7.26. The fourth-order valence-electron chi connectivity index (χ4n) is 1.63. The monoisotopic (exact) mass is 240 g/mol. The van der Waals surface area contributed by atoms with Crippen molar-refractivity contribution in [1.82, 2.24) is 0 Å². The van der Waals surface area contributed by atoms with Crippen LogP contribution >= 0.6 is 0 Å². The van der Waals surface area contributed by atoms with Crippen molar-refractivity contribution >= 4 is 0 Å². The Morgan fingerprint density at radius 1 is 0.882 bits per heavy atom. The van der Waals surface area contributed by atoms with Gasteiger partial charge in [-0.15, -0.1) is 0 Å². The SMILES string of the molecule is C=C(/C=C(\C)CC(C)C)CC(C)C.CC.CC. The lowest BCUT2D eigenvalue weighted by molar-refractivity contribution is 0.635. The molecule has 0 radical (unpaired) electrons. The summed E-state index contributed by atoms with van der Waals surface area (Å²) < 4.78 is 0. The highest BCUT2D eigenvalue weighted by Gasteiger charge is 1.99. The number of hydrogen-bond donors (Lipinski definition) is 0. The van der Waals surface area contributed by atoms with Crippen LogP contribution in [0, 0.1) is 11.8 Å². The van der Waals surface area contributed by atoms with Gasteiger partial charge in [0, 0.05) is 0 Å². The first kappa shape index (κ1) is 21.7. The fraction of sp³-hybridized carbons (Fsp3) is 0.765. The van der Waals surface area contributed by atoms with Crippen LogP contribution < -0.4 is 0 Å². The second-order valence-electron chi connectivity index (χ2n) is 4.84. The molecule has 0 aliphatic rings. The van der Waals surface area contributed by atoms with Gasteiger partial charge in [0.05, 0.1) is 0 Å². The Morgan fingerprint density at radius 2 is 1.24 bits per heavy atom. The van der Waals surface area contributed by atoms with E-state index in [-0.39, 0.29) is 0 Å². The average Bonchev–Trinajstić information content (AvgIpc) is 2.20. The van der Waals surface area contributed by atoms with Gasteiger partial charge < -0.3 is 0 Å². The first-order valence-corrected chi connectivity index (χ1v) is 7.26. The Hall–Kier alpha value is -0.520. The maximum Gasteiger partial charge on any atom is -0.0262 e. The molecule has 0 nitrogen and oxygen atoms in total. The summed E-state index contributed by atoms with van der Waals surface area (Å²) in [5, 5.41) is 0. The molecule has 0 aromatic heterocycles. The summed E-state index contributed by atoms with van der Waals surface area (Å²) >= 11 is 0. The van der Waals surface area contributed by atoms with E-state index in [1.54, 1.807) is 0 Å². The van der Waals surface area contributed by atoms with Gasteiger partial charge in [-0.05, 0) is 31.6 Å². The quantitative estimate of drug-likeness (QED) is 0.473. The summed E-state index contributed by atoms with van der Waals surface area (Å²) in [6.07, 6.45) is 4.56. The largest absolute Gasteiger partial charge is 0.0958 e. The third-order valence-electron chi connectivity index (χ3n) is 1.85. The van der Waals surface area contributed by atoms with E-state index in [0.717, 1.165) is 18.3 Å². The molecule has 0 rings (SSSR count). The van der Waals surface area contributed by atoms with Gasteiger partial charge in [0.25, 0.3) is 0 Å². The van der Waals surface area contributed by atoms with Gasteiger partial charge in [0.1, 0.15) is 0 Å². The summed E-state index contributed by atoms with van der Waals surface area (Å²) in [4.78, 5) is 0. The third kappa shape index (κ3) is 21.3. The molecular weight excluding hydrogens is 204 g/mol. The van der Waals surface area contributed by atoms with Crippen molar-refractivity contribution in [1.29, 1.82) is 0 Å². The van der Waals surface area contributed by atoms with Gasteiger partial charge in [-0.2, -0.15) is 0 Å². The van der Waals surface area contributed by atoms with Crippen molar-refractivity contribution in [3.05, 3.63) is 23.8 Å². The van der Waals surface area contributed by atoms with Gasteiger partial charge in [-0.3, -0.25) is 0 Å². The van der Waals surface area contributed by atoms with Crippen molar-refractivity contribution in [3.63, 3.8) is 0 Å². The van der Waals surface area contributed by atoms with Crippen LogP contribution in [0.5, 0.6) is 0 Å². The molecule has 0 spiro atoms. The van der Waals surface area contributed by atoms with Crippen molar-refractivity contribution < 1.29 is 0 Å². The van der Waals surface area contributed by atoms with Crippen molar-refractivity contribution in [2.45, 2.75) is 75.2 Å². The normalized spacial score (nSPS) is 10.4. The molecule has 104 valence electrons. The predicted octanol–water partition coefficient (Wildman–Crippen LogP) is 6.63. The van der Waals surface area contributed by atoms with E-state index in [9.17, 15) is 0 Å². The minimum absolute atomic E-state index is 0.718. The molecule has 0 aromatic carbocycles. The second kappa shape index (κ2) is 15.5. The smallest absolute Gasteiger partial charge is 0.0262 e. The zero-order valence-electron chi connectivity index (χ0n) is 13.9. The maximum atomic E-state index is 4.07. The van der Waals surface area contributed by atoms with Gasteiger partial charge in [-0.1, -0.05) is 79.2 Å². The summed E-state index contributed by atoms with van der Waals surface area (Å²) in [7, 11) is 0. The molecule has 0 aromatic rings. The highest BCUT2D eigenvalue weighted by Crippen LogP contribution is 2.15. The van der Waals surface area contributed by atoms with Gasteiger partial charge in [-0.25, -0.2) is 0 Å². The lowest BCUT2D eigenvalue weighted by atomic mass is 9.99. The van der Waals surface area contributed by atoms with Gasteiger partial charge in [0.15, 0.2) is 0 Å². The molecule has 17 heavy (non-hydrogen) atoms. The van der Waals surface area contributed by atoms with Crippen molar-refractivity contribution in [2.24, 2.45) is 11.8 Å². The second-order valence-corrected chi connectivity index (χ2v) is 4.84. The van der Waals surface area contributed by atoms with Crippen LogP contribution in [0.3, 0.4) is 0 Å². The van der Waals surface area contributed by atoms with Gasteiger partial charge in [0.2, 0.25) is 0 Å². The molecule has 0 aliphatic heterocycles. The van der Waals surface area contributed by atoms with Crippen molar-refractivity contribution in [3.8, 4) is 0 Å². The molecule has 0 heteroatoms. The lowest BCUT2D eigenvalue weighted by Gasteiger charge is -2.08. The minimum atomic E-state index is 0.718. The molecular formula is C17H36. The summed E-state index contributed by atoms with van der Waals surface area (Å²) in [6, 6.07) is 0.